The molecule has 0 aromatic heterocycles. The highest BCUT2D eigenvalue weighted by Crippen LogP contribution is 2.23. The molecule has 4 aromatic rings. The lowest BCUT2D eigenvalue weighted by Crippen LogP contribution is -2.25. The Kier molecular flexibility index (Phi) is 12.5. The first-order valence-corrected chi connectivity index (χ1v) is 16.3. The van der Waals surface area contributed by atoms with Crippen LogP contribution in [-0.2, 0) is 19.3 Å². The van der Waals surface area contributed by atoms with E-state index in [-0.39, 0.29) is 16.7 Å². The van der Waals surface area contributed by atoms with Crippen LogP contribution in [0, 0.1) is 0 Å². The number of hydrogen-bond donors (Lipinski definition) is 3. The van der Waals surface area contributed by atoms with Gasteiger partial charge < -0.3 is 16.0 Å². The summed E-state index contributed by atoms with van der Waals surface area (Å²) in [7, 11) is 0. The van der Waals surface area contributed by atoms with Gasteiger partial charge in [-0.2, -0.15) is 0 Å². The summed E-state index contributed by atoms with van der Waals surface area (Å²) in [5.74, 6) is -1.46. The second-order valence-corrected chi connectivity index (χ2v) is 11.5. The van der Waals surface area contributed by atoms with Gasteiger partial charge in [-0.15, -0.1) is 0 Å². The maximum Gasteiger partial charge on any atom is 0.257 e. The number of nitrogens with one attached hydrogen (secondary N) is 3. The summed E-state index contributed by atoms with van der Waals surface area (Å²) in [4.78, 5) is 41.1. The molecule has 0 unspecified atom stereocenters. The van der Waals surface area contributed by atoms with Crippen molar-refractivity contribution in [2.45, 2.75) is 78.6 Å². The minimum absolute atomic E-state index is 0.0155. The Morgan fingerprint density at radius 3 is 1.07 bits per heavy atom. The number of unbranched alkanes of at least 4 members (excludes halogenated alkanes) is 3. The maximum atomic E-state index is 13.8. The fourth-order valence-electron chi connectivity index (χ4n) is 5.17. The van der Waals surface area contributed by atoms with Crippen molar-refractivity contribution in [3.05, 3.63) is 124 Å². The van der Waals surface area contributed by atoms with Crippen molar-refractivity contribution in [2.24, 2.45) is 0 Å². The highest BCUT2D eigenvalue weighted by molar-refractivity contribution is 6.21. The summed E-state index contributed by atoms with van der Waals surface area (Å²) >= 11 is 0. The van der Waals surface area contributed by atoms with Crippen LogP contribution >= 0.6 is 0 Å². The molecule has 45 heavy (non-hydrogen) atoms. The van der Waals surface area contributed by atoms with Crippen LogP contribution in [0.5, 0.6) is 0 Å². The van der Waals surface area contributed by atoms with Gasteiger partial charge in [-0.3, -0.25) is 14.4 Å². The first-order chi connectivity index (χ1) is 21.9. The van der Waals surface area contributed by atoms with Gasteiger partial charge in [-0.05, 0) is 104 Å². The third-order valence-corrected chi connectivity index (χ3v) is 7.87. The van der Waals surface area contributed by atoms with E-state index in [4.69, 9.17) is 0 Å². The molecule has 0 saturated heterocycles. The predicted octanol–water partition coefficient (Wildman–Crippen LogP) is 9.47. The summed E-state index contributed by atoms with van der Waals surface area (Å²) in [5, 5.41) is 8.75. The molecule has 4 aromatic carbocycles. The quantitative estimate of drug-likeness (QED) is 0.126. The van der Waals surface area contributed by atoms with Gasteiger partial charge in [0.15, 0.2) is 0 Å². The Balaban J connectivity index is 1.61. The molecule has 0 atom stereocenters. The van der Waals surface area contributed by atoms with Crippen molar-refractivity contribution in [1.29, 1.82) is 0 Å². The molecular weight excluding hydrogens is 558 g/mol. The Morgan fingerprint density at radius 1 is 0.444 bits per heavy atom. The number of carbonyl (C=O) groups is 3. The van der Waals surface area contributed by atoms with Crippen molar-refractivity contribution >= 4 is 34.8 Å². The number of carbonyl (C=O) groups excluding carboxylic acids is 3. The molecule has 0 spiro atoms. The largest absolute Gasteiger partial charge is 0.322 e. The number of hydrogen-bond acceptors (Lipinski definition) is 3. The lowest BCUT2D eigenvalue weighted by Gasteiger charge is -2.16. The average molecular weight is 604 g/mol. The number of benzene rings is 4. The topological polar surface area (TPSA) is 87.3 Å². The first kappa shape index (κ1) is 33.2. The van der Waals surface area contributed by atoms with Crippen molar-refractivity contribution in [2.75, 3.05) is 16.0 Å². The van der Waals surface area contributed by atoms with E-state index < -0.39 is 17.7 Å². The zero-order valence-electron chi connectivity index (χ0n) is 26.7. The molecule has 6 heteroatoms. The second kappa shape index (κ2) is 17.0. The number of aryl methyl sites for hydroxylation is 3. The summed E-state index contributed by atoms with van der Waals surface area (Å²) < 4.78 is 0. The fourth-order valence-corrected chi connectivity index (χ4v) is 5.17. The van der Waals surface area contributed by atoms with E-state index in [9.17, 15) is 14.4 Å². The molecule has 0 aliphatic rings. The standard InChI is InChI=1S/C39H45N3O3/c1-4-7-11-28-16-22-31(23-17-28)40-37(43)34-14-10-15-35(38(44)41-32-24-18-29(19-25-32)12-8-5-2)36(34)39(45)42-33-26-20-30(21-27-33)13-9-6-3/h10,14-27H,4-9,11-13H2,1-3H3,(H,40,43)(H,41,44)(H,42,45). The zero-order valence-corrected chi connectivity index (χ0v) is 26.7. The van der Waals surface area contributed by atoms with Crippen LogP contribution in [-0.4, -0.2) is 17.7 Å². The van der Waals surface area contributed by atoms with Crippen molar-refractivity contribution in [3.63, 3.8) is 0 Å². The van der Waals surface area contributed by atoms with E-state index >= 15 is 0 Å². The molecule has 0 bridgehead atoms. The number of anilines is 3. The lowest BCUT2D eigenvalue weighted by molar-refractivity contribution is 0.0978. The molecular formula is C39H45N3O3. The third-order valence-electron chi connectivity index (χ3n) is 7.87. The molecule has 6 nitrogen and oxygen atoms in total. The first-order valence-electron chi connectivity index (χ1n) is 16.3. The molecule has 0 radical (unpaired) electrons. The molecule has 234 valence electrons. The molecule has 0 aliphatic heterocycles. The summed E-state index contributed by atoms with van der Waals surface area (Å²) in [6.07, 6.45) is 9.55. The number of rotatable bonds is 15. The Labute approximate surface area is 267 Å². The smallest absolute Gasteiger partial charge is 0.257 e. The Morgan fingerprint density at radius 2 is 0.756 bits per heavy atom. The Bertz CT molecular complexity index is 1480. The molecule has 0 heterocycles. The van der Waals surface area contributed by atoms with E-state index in [0.717, 1.165) is 57.8 Å². The molecule has 0 fully saturated rings. The summed E-state index contributed by atoms with van der Waals surface area (Å²) in [6, 6.07) is 27.9. The maximum absolute atomic E-state index is 13.8. The van der Waals surface area contributed by atoms with Gasteiger partial charge in [-0.1, -0.05) is 82.5 Å². The molecule has 0 saturated carbocycles. The second-order valence-electron chi connectivity index (χ2n) is 11.5. The minimum atomic E-state index is -0.531. The minimum Gasteiger partial charge on any atom is -0.322 e. The predicted molar refractivity (Wildman–Crippen MR) is 185 cm³/mol. The summed E-state index contributed by atoms with van der Waals surface area (Å²) in [5.41, 5.74) is 5.67. The summed E-state index contributed by atoms with van der Waals surface area (Å²) in [6.45, 7) is 6.47. The van der Waals surface area contributed by atoms with E-state index in [1.165, 1.54) is 16.7 Å². The van der Waals surface area contributed by atoms with E-state index in [1.807, 2.05) is 72.8 Å². The zero-order chi connectivity index (χ0) is 32.0. The van der Waals surface area contributed by atoms with E-state index in [1.54, 1.807) is 18.2 Å². The van der Waals surface area contributed by atoms with Gasteiger partial charge in [0.1, 0.15) is 0 Å². The van der Waals surface area contributed by atoms with Gasteiger partial charge in [0.05, 0.1) is 16.7 Å². The number of amides is 3. The van der Waals surface area contributed by atoms with Gasteiger partial charge in [0.25, 0.3) is 17.7 Å². The monoisotopic (exact) mass is 603 g/mol. The third kappa shape index (κ3) is 9.64. The Hall–Kier alpha value is -4.71. The van der Waals surface area contributed by atoms with Crippen LogP contribution in [0.15, 0.2) is 91.0 Å². The van der Waals surface area contributed by atoms with Crippen LogP contribution in [0.25, 0.3) is 0 Å². The highest BCUT2D eigenvalue weighted by Gasteiger charge is 2.25. The van der Waals surface area contributed by atoms with Crippen LogP contribution in [0.2, 0.25) is 0 Å². The van der Waals surface area contributed by atoms with Gasteiger partial charge in [0.2, 0.25) is 0 Å². The van der Waals surface area contributed by atoms with Gasteiger partial charge in [-0.25, -0.2) is 0 Å². The molecule has 3 amide bonds. The van der Waals surface area contributed by atoms with Crippen LogP contribution in [0.1, 0.15) is 107 Å². The van der Waals surface area contributed by atoms with Crippen LogP contribution in [0.3, 0.4) is 0 Å². The van der Waals surface area contributed by atoms with Gasteiger partial charge >= 0.3 is 0 Å². The van der Waals surface area contributed by atoms with E-state index in [2.05, 4.69) is 36.7 Å². The van der Waals surface area contributed by atoms with Crippen molar-refractivity contribution < 1.29 is 14.4 Å². The SMILES string of the molecule is CCCCc1ccc(NC(=O)c2cccc(C(=O)Nc3ccc(CCCC)cc3)c2C(=O)Nc2ccc(CCCC)cc2)cc1. The molecule has 4 rings (SSSR count). The van der Waals surface area contributed by atoms with E-state index in [0.29, 0.717) is 17.1 Å². The molecule has 3 N–H and O–H groups in total. The molecule has 0 aliphatic carbocycles. The highest BCUT2D eigenvalue weighted by atomic mass is 16.2. The fraction of sp³-hybridized carbons (Fsp3) is 0.308. The van der Waals surface area contributed by atoms with Crippen LogP contribution < -0.4 is 16.0 Å². The average Bonchev–Trinajstić information content (AvgIpc) is 3.07. The normalized spacial score (nSPS) is 10.7. The van der Waals surface area contributed by atoms with Gasteiger partial charge in [0, 0.05) is 17.1 Å². The van der Waals surface area contributed by atoms with Crippen LogP contribution in [0.4, 0.5) is 17.1 Å². The lowest BCUT2D eigenvalue weighted by atomic mass is 9.98. The van der Waals surface area contributed by atoms with Crippen molar-refractivity contribution in [3.8, 4) is 0 Å². The van der Waals surface area contributed by atoms with Crippen molar-refractivity contribution in [1.82, 2.24) is 0 Å².